The zero-order valence-electron chi connectivity index (χ0n) is 20.6. The van der Waals surface area contributed by atoms with Gasteiger partial charge in [0.15, 0.2) is 0 Å². The summed E-state index contributed by atoms with van der Waals surface area (Å²) in [5.41, 5.74) is 3.16. The molecule has 0 saturated heterocycles. The van der Waals surface area contributed by atoms with E-state index in [0.717, 1.165) is 37.8 Å². The number of carbonyl (C=O) groups is 2. The highest BCUT2D eigenvalue weighted by atomic mass is 79.9. The van der Waals surface area contributed by atoms with E-state index in [4.69, 9.17) is 0 Å². The summed E-state index contributed by atoms with van der Waals surface area (Å²) in [4.78, 5) is 28.9. The third-order valence-electron chi connectivity index (χ3n) is 5.92. The number of hydrogen-bond donors (Lipinski definition) is 1. The Hall–Kier alpha value is -2.09. The van der Waals surface area contributed by atoms with E-state index >= 15 is 0 Å². The minimum absolute atomic E-state index is 0.0328. The summed E-state index contributed by atoms with van der Waals surface area (Å²) in [5.74, 6) is 0.866. The van der Waals surface area contributed by atoms with Crippen molar-refractivity contribution in [2.45, 2.75) is 51.1 Å². The summed E-state index contributed by atoms with van der Waals surface area (Å²) in [7, 11) is 0. The highest BCUT2D eigenvalue weighted by Crippen LogP contribution is 2.21. The van der Waals surface area contributed by atoms with Crippen molar-refractivity contribution in [2.75, 3.05) is 5.75 Å². The molecular weight excluding hydrogens is 600 g/mol. The highest BCUT2D eigenvalue weighted by Gasteiger charge is 2.30. The van der Waals surface area contributed by atoms with Crippen molar-refractivity contribution in [3.05, 3.63) is 104 Å². The van der Waals surface area contributed by atoms with Gasteiger partial charge < -0.3 is 10.2 Å². The molecule has 0 aliphatic rings. The Labute approximate surface area is 235 Å². The molecule has 1 N–H and O–H groups in total. The first-order chi connectivity index (χ1) is 17.4. The lowest BCUT2D eigenvalue weighted by Gasteiger charge is -2.32. The van der Waals surface area contributed by atoms with Gasteiger partial charge in [0.1, 0.15) is 6.04 Å². The molecule has 0 bridgehead atoms. The van der Waals surface area contributed by atoms with Gasteiger partial charge in [-0.1, -0.05) is 93.4 Å². The highest BCUT2D eigenvalue weighted by molar-refractivity contribution is 9.10. The largest absolute Gasteiger partial charge is 0.352 e. The molecule has 0 heterocycles. The van der Waals surface area contributed by atoms with E-state index < -0.39 is 6.04 Å². The Morgan fingerprint density at radius 2 is 1.58 bits per heavy atom. The minimum Gasteiger partial charge on any atom is -0.352 e. The standard InChI is InChI=1S/C29H32Br2N2O2S/c1-3-21(2)32-29(35)27(17-22-8-5-4-6-9-22)33(18-24-10-7-11-26(31)16-24)28(34)20-36-19-23-12-14-25(30)15-13-23/h4-16,21,27H,3,17-20H2,1-2H3,(H,32,35). The van der Waals surface area contributed by atoms with E-state index in [2.05, 4.69) is 49.3 Å². The summed E-state index contributed by atoms with van der Waals surface area (Å²) in [6.07, 6.45) is 1.28. The summed E-state index contributed by atoms with van der Waals surface area (Å²) >= 11 is 8.56. The van der Waals surface area contributed by atoms with Gasteiger partial charge in [-0.15, -0.1) is 11.8 Å². The van der Waals surface area contributed by atoms with Crippen molar-refractivity contribution in [2.24, 2.45) is 0 Å². The van der Waals surface area contributed by atoms with Crippen LogP contribution < -0.4 is 5.32 Å². The van der Waals surface area contributed by atoms with Crippen LogP contribution >= 0.6 is 43.6 Å². The molecule has 2 atom stereocenters. The number of hydrogen-bond acceptors (Lipinski definition) is 3. The Morgan fingerprint density at radius 3 is 2.25 bits per heavy atom. The van der Waals surface area contributed by atoms with Crippen LogP contribution in [0.25, 0.3) is 0 Å². The zero-order valence-corrected chi connectivity index (χ0v) is 24.6. The molecule has 0 spiro atoms. The van der Waals surface area contributed by atoms with Gasteiger partial charge in [-0.05, 0) is 54.3 Å². The Kier molecular flexibility index (Phi) is 11.5. The summed E-state index contributed by atoms with van der Waals surface area (Å²) < 4.78 is 1.98. The molecule has 190 valence electrons. The third kappa shape index (κ3) is 9.09. The minimum atomic E-state index is -0.610. The van der Waals surface area contributed by atoms with Gasteiger partial charge in [-0.25, -0.2) is 0 Å². The van der Waals surface area contributed by atoms with Crippen molar-refractivity contribution in [3.63, 3.8) is 0 Å². The van der Waals surface area contributed by atoms with Crippen molar-refractivity contribution in [1.29, 1.82) is 0 Å². The molecule has 0 aromatic heterocycles. The monoisotopic (exact) mass is 630 g/mol. The lowest BCUT2D eigenvalue weighted by molar-refractivity contribution is -0.139. The number of halogens is 2. The molecule has 0 radical (unpaired) electrons. The fourth-order valence-corrected chi connectivity index (χ4v) is 5.33. The predicted octanol–water partition coefficient (Wildman–Crippen LogP) is 7.00. The number of rotatable bonds is 12. The van der Waals surface area contributed by atoms with Crippen LogP contribution in [0.15, 0.2) is 87.8 Å². The number of nitrogens with one attached hydrogen (secondary N) is 1. The van der Waals surface area contributed by atoms with Gasteiger partial charge in [0.2, 0.25) is 11.8 Å². The van der Waals surface area contributed by atoms with Crippen LogP contribution in [0.4, 0.5) is 0 Å². The molecule has 0 aliphatic heterocycles. The van der Waals surface area contributed by atoms with Crippen molar-refractivity contribution in [1.82, 2.24) is 10.2 Å². The van der Waals surface area contributed by atoms with Crippen molar-refractivity contribution < 1.29 is 9.59 Å². The second-order valence-electron chi connectivity index (χ2n) is 8.79. The molecule has 2 unspecified atom stereocenters. The average molecular weight is 632 g/mol. The molecule has 3 aromatic carbocycles. The second-order valence-corrected chi connectivity index (χ2v) is 11.6. The van der Waals surface area contributed by atoms with Crippen LogP contribution in [0.1, 0.15) is 37.0 Å². The number of amides is 2. The first-order valence-electron chi connectivity index (χ1n) is 12.1. The quantitative estimate of drug-likeness (QED) is 0.234. The van der Waals surface area contributed by atoms with Crippen LogP contribution in [0.3, 0.4) is 0 Å². The topological polar surface area (TPSA) is 49.4 Å². The smallest absolute Gasteiger partial charge is 0.243 e. The SMILES string of the molecule is CCC(C)NC(=O)C(Cc1ccccc1)N(Cc1cccc(Br)c1)C(=O)CSCc1ccc(Br)cc1. The van der Waals surface area contributed by atoms with Crippen molar-refractivity contribution in [3.8, 4) is 0 Å². The van der Waals surface area contributed by atoms with E-state index in [1.165, 1.54) is 0 Å². The van der Waals surface area contributed by atoms with Crippen LogP contribution in [-0.2, 0) is 28.3 Å². The zero-order chi connectivity index (χ0) is 25.9. The summed E-state index contributed by atoms with van der Waals surface area (Å²) in [5, 5.41) is 3.12. The number of nitrogens with zero attached hydrogens (tertiary/aromatic N) is 1. The lowest BCUT2D eigenvalue weighted by Crippen LogP contribution is -2.52. The van der Waals surface area contributed by atoms with Gasteiger partial charge in [-0.3, -0.25) is 9.59 Å². The van der Waals surface area contributed by atoms with Gasteiger partial charge in [-0.2, -0.15) is 0 Å². The molecule has 4 nitrogen and oxygen atoms in total. The maximum atomic E-state index is 13.7. The van der Waals surface area contributed by atoms with Gasteiger partial charge in [0, 0.05) is 33.7 Å². The van der Waals surface area contributed by atoms with Gasteiger partial charge in [0.05, 0.1) is 5.75 Å². The van der Waals surface area contributed by atoms with Crippen molar-refractivity contribution >= 4 is 55.4 Å². The van der Waals surface area contributed by atoms with Crippen LogP contribution in [0, 0.1) is 0 Å². The number of thioether (sulfide) groups is 1. The Morgan fingerprint density at radius 1 is 0.889 bits per heavy atom. The van der Waals surface area contributed by atoms with E-state index in [-0.39, 0.29) is 17.9 Å². The molecular formula is C29H32Br2N2O2S. The first kappa shape index (κ1) is 28.5. The third-order valence-corrected chi connectivity index (χ3v) is 7.93. The molecule has 0 aliphatic carbocycles. The second kappa shape index (κ2) is 14.6. The molecule has 3 rings (SSSR count). The molecule has 36 heavy (non-hydrogen) atoms. The van der Waals surface area contributed by atoms with E-state index in [0.29, 0.717) is 18.7 Å². The predicted molar refractivity (Wildman–Crippen MR) is 157 cm³/mol. The van der Waals surface area contributed by atoms with Crippen LogP contribution in [0.5, 0.6) is 0 Å². The van der Waals surface area contributed by atoms with Crippen LogP contribution in [0.2, 0.25) is 0 Å². The fourth-order valence-electron chi connectivity index (χ4n) is 3.75. The van der Waals surface area contributed by atoms with Crippen LogP contribution in [-0.4, -0.2) is 34.6 Å². The Bertz CT molecular complexity index is 1130. The molecule has 2 amide bonds. The van der Waals surface area contributed by atoms with E-state index in [1.807, 2.05) is 80.6 Å². The number of carbonyl (C=O) groups excluding carboxylic acids is 2. The first-order valence-corrected chi connectivity index (χ1v) is 14.8. The fraction of sp³-hybridized carbons (Fsp3) is 0.310. The maximum Gasteiger partial charge on any atom is 0.243 e. The Balaban J connectivity index is 1.85. The normalized spacial score (nSPS) is 12.6. The molecule has 0 fully saturated rings. The lowest BCUT2D eigenvalue weighted by atomic mass is 10.0. The van der Waals surface area contributed by atoms with Gasteiger partial charge >= 0.3 is 0 Å². The van der Waals surface area contributed by atoms with Gasteiger partial charge in [0.25, 0.3) is 0 Å². The van der Waals surface area contributed by atoms with E-state index in [9.17, 15) is 9.59 Å². The van der Waals surface area contributed by atoms with E-state index in [1.54, 1.807) is 16.7 Å². The summed E-state index contributed by atoms with van der Waals surface area (Å²) in [6, 6.07) is 25.4. The number of benzene rings is 3. The maximum absolute atomic E-state index is 13.7. The molecule has 0 saturated carbocycles. The summed E-state index contributed by atoms with van der Waals surface area (Å²) in [6.45, 7) is 4.40. The molecule has 7 heteroatoms. The average Bonchev–Trinajstić information content (AvgIpc) is 2.87. The molecule has 3 aromatic rings.